The van der Waals surface area contributed by atoms with Crippen molar-refractivity contribution in [3.63, 3.8) is 0 Å². The molecule has 5 rings (SSSR count). The van der Waals surface area contributed by atoms with Crippen molar-refractivity contribution in [1.82, 2.24) is 9.97 Å². The van der Waals surface area contributed by atoms with Gasteiger partial charge in [-0.3, -0.25) is 4.79 Å². The van der Waals surface area contributed by atoms with Crippen LogP contribution in [0.5, 0.6) is 11.6 Å². The van der Waals surface area contributed by atoms with E-state index < -0.39 is 0 Å². The second kappa shape index (κ2) is 8.42. The molecule has 160 valence electrons. The van der Waals surface area contributed by atoms with E-state index in [1.54, 1.807) is 6.20 Å². The van der Waals surface area contributed by atoms with Gasteiger partial charge in [-0.2, -0.15) is 0 Å². The molecule has 0 bridgehead atoms. The average Bonchev–Trinajstić information content (AvgIpc) is 3.66. The molecular formula is C27H25N3O2. The van der Waals surface area contributed by atoms with Gasteiger partial charge in [0.15, 0.2) is 0 Å². The van der Waals surface area contributed by atoms with Crippen LogP contribution in [0.1, 0.15) is 30.9 Å². The molecule has 2 aromatic carbocycles. The summed E-state index contributed by atoms with van der Waals surface area (Å²) in [6.07, 6.45) is 4.63. The summed E-state index contributed by atoms with van der Waals surface area (Å²) in [6.45, 7) is 4.24. The third-order valence-corrected chi connectivity index (χ3v) is 5.82. The van der Waals surface area contributed by atoms with E-state index in [1.807, 2.05) is 42.5 Å². The molecule has 1 amide bonds. The number of carbonyl (C=O) groups is 1. The van der Waals surface area contributed by atoms with Crippen LogP contribution in [0.4, 0.5) is 5.82 Å². The highest BCUT2D eigenvalue weighted by Gasteiger charge is 2.29. The first kappa shape index (κ1) is 20.2. The molecule has 0 spiro atoms. The Bertz CT molecular complexity index is 1300. The predicted molar refractivity (Wildman–Crippen MR) is 127 cm³/mol. The number of aromatic nitrogens is 2. The summed E-state index contributed by atoms with van der Waals surface area (Å²) in [5, 5.41) is 4.64. The van der Waals surface area contributed by atoms with E-state index >= 15 is 0 Å². The average molecular weight is 424 g/mol. The van der Waals surface area contributed by atoms with Crippen molar-refractivity contribution in [1.29, 1.82) is 0 Å². The predicted octanol–water partition coefficient (Wildman–Crippen LogP) is 6.31. The van der Waals surface area contributed by atoms with Gasteiger partial charge in [0, 0.05) is 28.5 Å². The second-order valence-electron chi connectivity index (χ2n) is 8.28. The van der Waals surface area contributed by atoms with Crippen molar-refractivity contribution in [2.75, 3.05) is 5.32 Å². The summed E-state index contributed by atoms with van der Waals surface area (Å²) in [5.74, 6) is 1.86. The highest BCUT2D eigenvalue weighted by Crippen LogP contribution is 2.35. The van der Waals surface area contributed by atoms with E-state index in [0.717, 1.165) is 46.9 Å². The Morgan fingerprint density at radius 3 is 2.66 bits per heavy atom. The van der Waals surface area contributed by atoms with Crippen molar-refractivity contribution < 1.29 is 9.53 Å². The summed E-state index contributed by atoms with van der Waals surface area (Å²) in [6, 6.07) is 20.0. The SMILES string of the molecule is CCc1ccc(C)c(-c2cc3cnc(NC(=O)C4CC4)cc3c(Oc3ccccc3)n2)c1. The summed E-state index contributed by atoms with van der Waals surface area (Å²) >= 11 is 0. The lowest BCUT2D eigenvalue weighted by molar-refractivity contribution is -0.117. The van der Waals surface area contributed by atoms with E-state index in [1.165, 1.54) is 5.56 Å². The molecule has 2 aromatic heterocycles. The number of rotatable bonds is 6. The fourth-order valence-corrected chi connectivity index (χ4v) is 3.74. The highest BCUT2D eigenvalue weighted by molar-refractivity contribution is 5.97. The molecule has 32 heavy (non-hydrogen) atoms. The number of pyridine rings is 2. The summed E-state index contributed by atoms with van der Waals surface area (Å²) < 4.78 is 6.22. The maximum absolute atomic E-state index is 12.2. The molecule has 0 saturated heterocycles. The van der Waals surface area contributed by atoms with Crippen LogP contribution in [0.2, 0.25) is 0 Å². The number of hydrogen-bond acceptors (Lipinski definition) is 4. The number of para-hydroxylation sites is 1. The van der Waals surface area contributed by atoms with Gasteiger partial charge in [0.25, 0.3) is 0 Å². The molecule has 1 aliphatic carbocycles. The standard InChI is InChI=1S/C27H25N3O2/c1-3-18-10-9-17(2)22(13-18)24-14-20-16-28-25(30-26(31)19-11-12-19)15-23(20)27(29-24)32-21-7-5-4-6-8-21/h4-10,13-16,19H,3,11-12H2,1-2H3,(H,28,30,31). The number of carbonyl (C=O) groups excluding carboxylic acids is 1. The summed E-state index contributed by atoms with van der Waals surface area (Å²) in [4.78, 5) is 21.6. The summed E-state index contributed by atoms with van der Waals surface area (Å²) in [7, 11) is 0. The Kier molecular flexibility index (Phi) is 5.31. The molecule has 5 heteroatoms. The minimum atomic E-state index is 0.0268. The van der Waals surface area contributed by atoms with Crippen LogP contribution in [-0.4, -0.2) is 15.9 Å². The van der Waals surface area contributed by atoms with Crippen LogP contribution in [0, 0.1) is 12.8 Å². The van der Waals surface area contributed by atoms with E-state index in [9.17, 15) is 4.79 Å². The zero-order valence-corrected chi connectivity index (χ0v) is 18.3. The molecule has 1 N–H and O–H groups in total. The van der Waals surface area contributed by atoms with Gasteiger partial charge in [-0.1, -0.05) is 37.3 Å². The van der Waals surface area contributed by atoms with Crippen molar-refractivity contribution in [3.05, 3.63) is 78.0 Å². The van der Waals surface area contributed by atoms with Gasteiger partial charge in [-0.25, -0.2) is 9.97 Å². The third kappa shape index (κ3) is 4.19. The van der Waals surface area contributed by atoms with E-state index in [-0.39, 0.29) is 11.8 Å². The second-order valence-corrected chi connectivity index (χ2v) is 8.28. The minimum Gasteiger partial charge on any atom is -0.438 e. The van der Waals surface area contributed by atoms with Gasteiger partial charge in [-0.05, 0) is 67.6 Å². The third-order valence-electron chi connectivity index (χ3n) is 5.82. The van der Waals surface area contributed by atoms with Crippen LogP contribution >= 0.6 is 0 Å². The zero-order chi connectivity index (χ0) is 22.1. The van der Waals surface area contributed by atoms with Crippen molar-refractivity contribution in [2.45, 2.75) is 33.1 Å². The van der Waals surface area contributed by atoms with Gasteiger partial charge in [0.1, 0.15) is 11.6 Å². The van der Waals surface area contributed by atoms with Crippen molar-refractivity contribution >= 4 is 22.5 Å². The molecule has 0 unspecified atom stereocenters. The smallest absolute Gasteiger partial charge is 0.228 e. The Labute approximate surface area is 187 Å². The minimum absolute atomic E-state index is 0.0268. The van der Waals surface area contributed by atoms with Gasteiger partial charge in [0.05, 0.1) is 5.69 Å². The number of nitrogens with one attached hydrogen (secondary N) is 1. The molecule has 1 saturated carbocycles. The van der Waals surface area contributed by atoms with Crippen molar-refractivity contribution in [2.24, 2.45) is 5.92 Å². The van der Waals surface area contributed by atoms with E-state index in [2.05, 4.69) is 42.3 Å². The summed E-state index contributed by atoms with van der Waals surface area (Å²) in [5.41, 5.74) is 4.33. The lowest BCUT2D eigenvalue weighted by Gasteiger charge is -2.14. The lowest BCUT2D eigenvalue weighted by atomic mass is 9.99. The lowest BCUT2D eigenvalue weighted by Crippen LogP contribution is -2.14. The maximum atomic E-state index is 12.2. The van der Waals surface area contributed by atoms with Crippen LogP contribution in [0.3, 0.4) is 0 Å². The van der Waals surface area contributed by atoms with Gasteiger partial charge in [-0.15, -0.1) is 0 Å². The van der Waals surface area contributed by atoms with Gasteiger partial charge < -0.3 is 10.1 Å². The Hall–Kier alpha value is -3.73. The highest BCUT2D eigenvalue weighted by atomic mass is 16.5. The Morgan fingerprint density at radius 1 is 1.09 bits per heavy atom. The molecule has 1 fully saturated rings. The fourth-order valence-electron chi connectivity index (χ4n) is 3.74. The number of amides is 1. The molecular weight excluding hydrogens is 398 g/mol. The number of nitrogens with zero attached hydrogens (tertiary/aromatic N) is 2. The monoisotopic (exact) mass is 423 g/mol. The van der Waals surface area contributed by atoms with Gasteiger partial charge in [0.2, 0.25) is 11.8 Å². The van der Waals surface area contributed by atoms with Crippen LogP contribution < -0.4 is 10.1 Å². The van der Waals surface area contributed by atoms with Gasteiger partial charge >= 0.3 is 0 Å². The number of anilines is 1. The number of ether oxygens (including phenoxy) is 1. The molecule has 4 aromatic rings. The van der Waals surface area contributed by atoms with Crippen molar-refractivity contribution in [3.8, 4) is 22.9 Å². The normalized spacial score (nSPS) is 13.2. The molecule has 1 aliphatic rings. The molecule has 0 radical (unpaired) electrons. The number of benzene rings is 2. The number of aryl methyl sites for hydroxylation is 2. The van der Waals surface area contributed by atoms with Crippen LogP contribution in [0.25, 0.3) is 22.0 Å². The Morgan fingerprint density at radius 2 is 1.91 bits per heavy atom. The quantitative estimate of drug-likeness (QED) is 0.395. The number of hydrogen-bond donors (Lipinski definition) is 1. The topological polar surface area (TPSA) is 64.1 Å². The molecule has 0 atom stereocenters. The first-order valence-electron chi connectivity index (χ1n) is 11.0. The molecule has 0 aliphatic heterocycles. The number of fused-ring (bicyclic) bond motifs is 1. The molecule has 2 heterocycles. The fraction of sp³-hybridized carbons (Fsp3) is 0.222. The first-order chi connectivity index (χ1) is 15.6. The largest absolute Gasteiger partial charge is 0.438 e. The first-order valence-corrected chi connectivity index (χ1v) is 11.0. The molecule has 5 nitrogen and oxygen atoms in total. The van der Waals surface area contributed by atoms with E-state index in [0.29, 0.717) is 17.4 Å². The van der Waals surface area contributed by atoms with E-state index in [4.69, 9.17) is 9.72 Å². The van der Waals surface area contributed by atoms with Crippen LogP contribution in [-0.2, 0) is 11.2 Å². The van der Waals surface area contributed by atoms with Crippen LogP contribution in [0.15, 0.2) is 66.9 Å². The maximum Gasteiger partial charge on any atom is 0.228 e. The Balaban J connectivity index is 1.62. The zero-order valence-electron chi connectivity index (χ0n) is 18.3.